The van der Waals surface area contributed by atoms with E-state index >= 15 is 0 Å². The molecule has 0 spiro atoms. The van der Waals surface area contributed by atoms with Gasteiger partial charge in [-0.1, -0.05) is 25.5 Å². The van der Waals surface area contributed by atoms with Crippen molar-refractivity contribution in [1.82, 2.24) is 10.0 Å². The van der Waals surface area contributed by atoms with E-state index < -0.39 is 10.0 Å². The number of carbonyl (C=O) groups is 1. The zero-order chi connectivity index (χ0) is 17.6. The highest BCUT2D eigenvalue weighted by Gasteiger charge is 2.17. The Labute approximate surface area is 147 Å². The third-order valence-electron chi connectivity index (χ3n) is 3.52. The molecule has 0 saturated heterocycles. The Morgan fingerprint density at radius 2 is 2.04 bits per heavy atom. The molecule has 7 heteroatoms. The lowest BCUT2D eigenvalue weighted by Crippen LogP contribution is -2.32. The van der Waals surface area contributed by atoms with E-state index in [2.05, 4.69) is 17.0 Å². The van der Waals surface area contributed by atoms with Crippen molar-refractivity contribution in [3.63, 3.8) is 0 Å². The molecule has 0 aliphatic heterocycles. The molecule has 1 heterocycles. The van der Waals surface area contributed by atoms with Gasteiger partial charge in [0.05, 0.1) is 4.90 Å². The van der Waals surface area contributed by atoms with Crippen LogP contribution in [0.3, 0.4) is 0 Å². The molecule has 1 aromatic heterocycles. The SMILES string of the molecule is CCCC(C)NC(=O)c1cccc(S(=O)(=O)NCc2cccs2)c1. The summed E-state index contributed by atoms with van der Waals surface area (Å²) >= 11 is 1.49. The second kappa shape index (κ2) is 8.41. The molecule has 5 nitrogen and oxygen atoms in total. The van der Waals surface area contributed by atoms with Gasteiger partial charge in [0.25, 0.3) is 5.91 Å². The van der Waals surface area contributed by atoms with Crippen LogP contribution in [0.15, 0.2) is 46.7 Å². The standard InChI is InChI=1S/C17H22N2O3S2/c1-3-6-13(2)19-17(20)14-7-4-9-16(11-14)24(21,22)18-12-15-8-5-10-23-15/h4-5,7-11,13,18H,3,6,12H2,1-2H3,(H,19,20). The molecule has 0 radical (unpaired) electrons. The highest BCUT2D eigenvalue weighted by atomic mass is 32.2. The minimum Gasteiger partial charge on any atom is -0.350 e. The zero-order valence-corrected chi connectivity index (χ0v) is 15.4. The Morgan fingerprint density at radius 3 is 2.71 bits per heavy atom. The minimum absolute atomic E-state index is 0.0553. The predicted molar refractivity (Wildman–Crippen MR) is 96.6 cm³/mol. The van der Waals surface area contributed by atoms with E-state index in [1.165, 1.54) is 23.5 Å². The average molecular weight is 367 g/mol. The summed E-state index contributed by atoms with van der Waals surface area (Å²) < 4.78 is 27.3. The van der Waals surface area contributed by atoms with Crippen molar-refractivity contribution in [2.24, 2.45) is 0 Å². The van der Waals surface area contributed by atoms with Gasteiger partial charge in [-0.2, -0.15) is 0 Å². The number of carbonyl (C=O) groups excluding carboxylic acids is 1. The van der Waals surface area contributed by atoms with Gasteiger partial charge in [0.15, 0.2) is 0 Å². The van der Waals surface area contributed by atoms with E-state index in [0.717, 1.165) is 17.7 Å². The number of rotatable bonds is 8. The van der Waals surface area contributed by atoms with Crippen LogP contribution in [0, 0.1) is 0 Å². The van der Waals surface area contributed by atoms with Gasteiger partial charge in [0.1, 0.15) is 0 Å². The van der Waals surface area contributed by atoms with Gasteiger partial charge in [0, 0.05) is 23.0 Å². The van der Waals surface area contributed by atoms with Gasteiger partial charge < -0.3 is 5.32 Å². The molecule has 2 aromatic rings. The topological polar surface area (TPSA) is 75.3 Å². The number of thiophene rings is 1. The third-order valence-corrected chi connectivity index (χ3v) is 5.80. The molecule has 2 rings (SSSR count). The minimum atomic E-state index is -3.65. The van der Waals surface area contributed by atoms with Crippen molar-refractivity contribution in [3.05, 3.63) is 52.2 Å². The molecule has 1 amide bonds. The van der Waals surface area contributed by atoms with Gasteiger partial charge in [-0.15, -0.1) is 11.3 Å². The highest BCUT2D eigenvalue weighted by Crippen LogP contribution is 2.14. The third kappa shape index (κ3) is 5.15. The largest absolute Gasteiger partial charge is 0.350 e. The molecule has 1 unspecified atom stereocenters. The van der Waals surface area contributed by atoms with Gasteiger partial charge in [0.2, 0.25) is 10.0 Å². The van der Waals surface area contributed by atoms with Crippen LogP contribution in [-0.4, -0.2) is 20.4 Å². The van der Waals surface area contributed by atoms with E-state index in [0.29, 0.717) is 5.56 Å². The number of nitrogens with one attached hydrogen (secondary N) is 2. The van der Waals surface area contributed by atoms with E-state index in [4.69, 9.17) is 0 Å². The van der Waals surface area contributed by atoms with Crippen LogP contribution in [0.1, 0.15) is 41.9 Å². The van der Waals surface area contributed by atoms with E-state index in [1.54, 1.807) is 12.1 Å². The first-order valence-corrected chi connectivity index (χ1v) is 10.2. The van der Waals surface area contributed by atoms with E-state index in [-0.39, 0.29) is 23.4 Å². The van der Waals surface area contributed by atoms with Crippen molar-refractivity contribution < 1.29 is 13.2 Å². The summed E-state index contributed by atoms with van der Waals surface area (Å²) in [6.07, 6.45) is 1.86. The number of sulfonamides is 1. The lowest BCUT2D eigenvalue weighted by molar-refractivity contribution is 0.0938. The monoisotopic (exact) mass is 366 g/mol. The molecule has 0 saturated carbocycles. The van der Waals surface area contributed by atoms with E-state index in [9.17, 15) is 13.2 Å². The molecular weight excluding hydrogens is 344 g/mol. The van der Waals surface area contributed by atoms with Crippen LogP contribution in [0.4, 0.5) is 0 Å². The molecule has 130 valence electrons. The first-order chi connectivity index (χ1) is 11.4. The lowest BCUT2D eigenvalue weighted by atomic mass is 10.1. The summed E-state index contributed by atoms with van der Waals surface area (Å²) in [6.45, 7) is 4.23. The molecule has 1 atom stereocenters. The zero-order valence-electron chi connectivity index (χ0n) is 13.8. The highest BCUT2D eigenvalue weighted by molar-refractivity contribution is 7.89. The number of amides is 1. The summed E-state index contributed by atoms with van der Waals surface area (Å²) in [5.41, 5.74) is 0.344. The Morgan fingerprint density at radius 1 is 1.25 bits per heavy atom. The van der Waals surface area contributed by atoms with Gasteiger partial charge in [-0.25, -0.2) is 13.1 Å². The normalized spacial score (nSPS) is 12.8. The van der Waals surface area contributed by atoms with Crippen LogP contribution in [0.25, 0.3) is 0 Å². The van der Waals surface area contributed by atoms with Crippen molar-refractivity contribution in [3.8, 4) is 0 Å². The maximum Gasteiger partial charge on any atom is 0.251 e. The maximum absolute atomic E-state index is 12.4. The second-order valence-corrected chi connectivity index (χ2v) is 8.39. The van der Waals surface area contributed by atoms with Crippen LogP contribution in [0.5, 0.6) is 0 Å². The van der Waals surface area contributed by atoms with Gasteiger partial charge in [-0.3, -0.25) is 4.79 Å². The average Bonchev–Trinajstić information content (AvgIpc) is 3.07. The number of hydrogen-bond acceptors (Lipinski definition) is 4. The van der Waals surface area contributed by atoms with Crippen molar-refractivity contribution in [2.45, 2.75) is 44.2 Å². The summed E-state index contributed by atoms with van der Waals surface area (Å²) in [6, 6.07) is 9.89. The molecular formula is C17H22N2O3S2. The second-order valence-electron chi connectivity index (χ2n) is 5.59. The summed E-state index contributed by atoms with van der Waals surface area (Å²) in [5.74, 6) is -0.258. The maximum atomic E-state index is 12.4. The quantitative estimate of drug-likeness (QED) is 0.754. The molecule has 24 heavy (non-hydrogen) atoms. The smallest absolute Gasteiger partial charge is 0.251 e. The molecule has 0 aliphatic rings. The van der Waals surface area contributed by atoms with Crippen LogP contribution >= 0.6 is 11.3 Å². The number of hydrogen-bond donors (Lipinski definition) is 2. The number of benzene rings is 1. The Balaban J connectivity index is 2.09. The lowest BCUT2D eigenvalue weighted by Gasteiger charge is -2.13. The fraction of sp³-hybridized carbons (Fsp3) is 0.353. The van der Waals surface area contributed by atoms with Gasteiger partial charge >= 0.3 is 0 Å². The van der Waals surface area contributed by atoms with Crippen LogP contribution < -0.4 is 10.0 Å². The van der Waals surface area contributed by atoms with Crippen LogP contribution in [-0.2, 0) is 16.6 Å². The van der Waals surface area contributed by atoms with Crippen LogP contribution in [0.2, 0.25) is 0 Å². The molecule has 2 N–H and O–H groups in total. The van der Waals surface area contributed by atoms with Gasteiger partial charge in [-0.05, 0) is 43.0 Å². The van der Waals surface area contributed by atoms with E-state index in [1.807, 2.05) is 24.4 Å². The Bertz CT molecular complexity index is 771. The molecule has 0 fully saturated rings. The fourth-order valence-corrected chi connectivity index (χ4v) is 4.07. The Hall–Kier alpha value is -1.70. The van der Waals surface area contributed by atoms with Crippen molar-refractivity contribution >= 4 is 27.3 Å². The molecule has 1 aromatic carbocycles. The summed E-state index contributed by atoms with van der Waals surface area (Å²) in [4.78, 5) is 13.3. The fourth-order valence-electron chi connectivity index (χ4n) is 2.28. The predicted octanol–water partition coefficient (Wildman–Crippen LogP) is 3.15. The first kappa shape index (κ1) is 18.6. The molecule has 0 aliphatic carbocycles. The Kier molecular flexibility index (Phi) is 6.53. The van der Waals surface area contributed by atoms with Crippen molar-refractivity contribution in [1.29, 1.82) is 0 Å². The first-order valence-electron chi connectivity index (χ1n) is 7.85. The summed E-state index contributed by atoms with van der Waals surface area (Å²) in [5, 5.41) is 4.77. The molecule has 0 bridgehead atoms. The van der Waals surface area contributed by atoms with Crippen molar-refractivity contribution in [2.75, 3.05) is 0 Å². The summed E-state index contributed by atoms with van der Waals surface area (Å²) in [7, 11) is -3.65.